The van der Waals surface area contributed by atoms with E-state index in [-0.39, 0.29) is 19.1 Å². The van der Waals surface area contributed by atoms with E-state index in [9.17, 15) is 14.3 Å². The van der Waals surface area contributed by atoms with Crippen molar-refractivity contribution in [2.45, 2.75) is 37.7 Å². The highest BCUT2D eigenvalue weighted by atomic mass is 19.1. The molecule has 1 amide bonds. The monoisotopic (exact) mass is 281 g/mol. The average Bonchev–Trinajstić information content (AvgIpc) is 2.44. The number of aliphatic hydroxyl groups is 1. The molecule has 2 N–H and O–H groups in total. The Morgan fingerprint density at radius 2 is 2.10 bits per heavy atom. The number of amides is 1. The lowest BCUT2D eigenvalue weighted by Gasteiger charge is -2.32. The van der Waals surface area contributed by atoms with Crippen molar-refractivity contribution in [3.05, 3.63) is 30.1 Å². The van der Waals surface area contributed by atoms with Crippen LogP contribution in [0.5, 0.6) is 5.75 Å². The van der Waals surface area contributed by atoms with E-state index in [1.54, 1.807) is 6.07 Å². The van der Waals surface area contributed by atoms with Crippen LogP contribution in [0.4, 0.5) is 4.39 Å². The first-order valence-corrected chi connectivity index (χ1v) is 6.95. The number of nitrogens with one attached hydrogen (secondary N) is 1. The zero-order valence-electron chi connectivity index (χ0n) is 11.4. The Hall–Kier alpha value is -1.62. The number of benzene rings is 1. The van der Waals surface area contributed by atoms with Gasteiger partial charge < -0.3 is 15.2 Å². The van der Waals surface area contributed by atoms with Gasteiger partial charge in [-0.1, -0.05) is 25.3 Å². The first kappa shape index (κ1) is 14.8. The van der Waals surface area contributed by atoms with Gasteiger partial charge in [0.05, 0.1) is 5.60 Å². The Morgan fingerprint density at radius 3 is 2.80 bits per heavy atom. The molecule has 0 radical (unpaired) electrons. The second kappa shape index (κ2) is 6.70. The van der Waals surface area contributed by atoms with E-state index in [1.165, 1.54) is 18.2 Å². The van der Waals surface area contributed by atoms with Crippen molar-refractivity contribution in [2.75, 3.05) is 13.2 Å². The van der Waals surface area contributed by atoms with Crippen LogP contribution in [0.15, 0.2) is 24.3 Å². The molecule has 0 aliphatic heterocycles. The third kappa shape index (κ3) is 4.49. The van der Waals surface area contributed by atoms with Crippen molar-refractivity contribution in [1.29, 1.82) is 0 Å². The zero-order chi connectivity index (χ0) is 14.4. The SMILES string of the molecule is O=C(COc1cccc(F)c1)NCC1(O)CCCCC1. The molecule has 1 aliphatic carbocycles. The molecule has 1 aliphatic rings. The summed E-state index contributed by atoms with van der Waals surface area (Å²) < 4.78 is 18.1. The molecule has 0 heterocycles. The minimum atomic E-state index is -0.785. The van der Waals surface area contributed by atoms with Crippen LogP contribution in [-0.2, 0) is 4.79 Å². The summed E-state index contributed by atoms with van der Waals surface area (Å²) in [6, 6.07) is 5.64. The molecule has 20 heavy (non-hydrogen) atoms. The van der Waals surface area contributed by atoms with Gasteiger partial charge in [-0.25, -0.2) is 4.39 Å². The first-order valence-electron chi connectivity index (χ1n) is 6.95. The van der Waals surface area contributed by atoms with E-state index in [2.05, 4.69) is 5.32 Å². The van der Waals surface area contributed by atoms with Gasteiger partial charge >= 0.3 is 0 Å². The fraction of sp³-hybridized carbons (Fsp3) is 0.533. The van der Waals surface area contributed by atoms with Crippen molar-refractivity contribution in [2.24, 2.45) is 0 Å². The minimum absolute atomic E-state index is 0.181. The predicted molar refractivity (Wildman–Crippen MR) is 72.9 cm³/mol. The smallest absolute Gasteiger partial charge is 0.258 e. The molecule has 0 saturated heterocycles. The molecule has 5 heteroatoms. The summed E-state index contributed by atoms with van der Waals surface area (Å²) in [7, 11) is 0. The summed E-state index contributed by atoms with van der Waals surface area (Å²) in [4.78, 5) is 11.6. The van der Waals surface area contributed by atoms with Gasteiger partial charge in [-0.2, -0.15) is 0 Å². The van der Waals surface area contributed by atoms with Gasteiger partial charge in [-0.15, -0.1) is 0 Å². The number of carbonyl (C=O) groups excluding carboxylic acids is 1. The lowest BCUT2D eigenvalue weighted by atomic mass is 9.85. The van der Waals surface area contributed by atoms with Gasteiger partial charge in [0, 0.05) is 12.6 Å². The Morgan fingerprint density at radius 1 is 1.35 bits per heavy atom. The number of hydrogen-bond donors (Lipinski definition) is 2. The Labute approximate surface area is 117 Å². The van der Waals surface area contributed by atoms with E-state index < -0.39 is 11.4 Å². The molecule has 1 saturated carbocycles. The van der Waals surface area contributed by atoms with Crippen LogP contribution >= 0.6 is 0 Å². The maximum atomic E-state index is 12.9. The summed E-state index contributed by atoms with van der Waals surface area (Å²) in [6.07, 6.45) is 4.56. The number of rotatable bonds is 5. The second-order valence-electron chi connectivity index (χ2n) is 5.31. The highest BCUT2D eigenvalue weighted by Gasteiger charge is 2.29. The van der Waals surface area contributed by atoms with Crippen molar-refractivity contribution in [3.63, 3.8) is 0 Å². The number of halogens is 1. The Balaban J connectivity index is 1.72. The van der Waals surface area contributed by atoms with Crippen molar-refractivity contribution < 1.29 is 19.0 Å². The molecule has 1 aromatic carbocycles. The van der Waals surface area contributed by atoms with E-state index in [0.717, 1.165) is 32.1 Å². The predicted octanol–water partition coefficient (Wildman–Crippen LogP) is 2.02. The van der Waals surface area contributed by atoms with E-state index in [1.807, 2.05) is 0 Å². The average molecular weight is 281 g/mol. The van der Waals surface area contributed by atoms with Gasteiger partial charge in [-0.3, -0.25) is 4.79 Å². The van der Waals surface area contributed by atoms with Crippen LogP contribution in [0.3, 0.4) is 0 Å². The second-order valence-corrected chi connectivity index (χ2v) is 5.31. The van der Waals surface area contributed by atoms with Crippen LogP contribution < -0.4 is 10.1 Å². The number of ether oxygens (including phenoxy) is 1. The molecular formula is C15H20FNO3. The lowest BCUT2D eigenvalue weighted by Crippen LogP contribution is -2.45. The zero-order valence-corrected chi connectivity index (χ0v) is 11.4. The first-order chi connectivity index (χ1) is 9.57. The maximum Gasteiger partial charge on any atom is 0.258 e. The summed E-state index contributed by atoms with van der Waals surface area (Å²) in [5.74, 6) is -0.399. The largest absolute Gasteiger partial charge is 0.484 e. The van der Waals surface area contributed by atoms with Crippen LogP contribution in [0.25, 0.3) is 0 Å². The van der Waals surface area contributed by atoms with Crippen LogP contribution in [-0.4, -0.2) is 29.8 Å². The molecular weight excluding hydrogens is 261 g/mol. The molecule has 1 fully saturated rings. The summed E-state index contributed by atoms with van der Waals surface area (Å²) >= 11 is 0. The standard InChI is InChI=1S/C15H20FNO3/c16-12-5-4-6-13(9-12)20-10-14(18)17-11-15(19)7-2-1-3-8-15/h4-6,9,19H,1-3,7-8,10-11H2,(H,17,18). The molecule has 2 rings (SSSR count). The highest BCUT2D eigenvalue weighted by molar-refractivity contribution is 5.77. The summed E-state index contributed by atoms with van der Waals surface area (Å²) in [6.45, 7) is 0.0673. The molecule has 4 nitrogen and oxygen atoms in total. The maximum absolute atomic E-state index is 12.9. The number of hydrogen-bond acceptors (Lipinski definition) is 3. The van der Waals surface area contributed by atoms with Crippen molar-refractivity contribution in [1.82, 2.24) is 5.32 Å². The molecule has 0 aromatic heterocycles. The van der Waals surface area contributed by atoms with Crippen molar-refractivity contribution >= 4 is 5.91 Å². The van der Waals surface area contributed by atoms with Crippen molar-refractivity contribution in [3.8, 4) is 5.75 Å². The highest BCUT2D eigenvalue weighted by Crippen LogP contribution is 2.27. The third-order valence-electron chi connectivity index (χ3n) is 3.56. The fourth-order valence-corrected chi connectivity index (χ4v) is 2.41. The molecule has 0 spiro atoms. The number of carbonyl (C=O) groups is 1. The van der Waals surface area contributed by atoms with Crippen LogP contribution in [0.2, 0.25) is 0 Å². The van der Waals surface area contributed by atoms with E-state index >= 15 is 0 Å². The van der Waals surface area contributed by atoms with E-state index in [0.29, 0.717) is 5.75 Å². The van der Waals surface area contributed by atoms with Crippen LogP contribution in [0, 0.1) is 5.82 Å². The molecule has 0 bridgehead atoms. The topological polar surface area (TPSA) is 58.6 Å². The van der Waals surface area contributed by atoms with Gasteiger partial charge in [0.2, 0.25) is 0 Å². The normalized spacial score (nSPS) is 17.5. The lowest BCUT2D eigenvalue weighted by molar-refractivity contribution is -0.124. The molecule has 1 aromatic rings. The summed E-state index contributed by atoms with van der Waals surface area (Å²) in [5.41, 5.74) is -0.785. The summed E-state index contributed by atoms with van der Waals surface area (Å²) in [5, 5.41) is 12.9. The Bertz CT molecular complexity index is 458. The van der Waals surface area contributed by atoms with Gasteiger partial charge in [-0.05, 0) is 25.0 Å². The van der Waals surface area contributed by atoms with Gasteiger partial charge in [0.15, 0.2) is 6.61 Å². The Kier molecular flexibility index (Phi) is 4.95. The minimum Gasteiger partial charge on any atom is -0.484 e. The molecule has 0 unspecified atom stereocenters. The van der Waals surface area contributed by atoms with Gasteiger partial charge in [0.25, 0.3) is 5.91 Å². The van der Waals surface area contributed by atoms with Crippen LogP contribution in [0.1, 0.15) is 32.1 Å². The molecule has 0 atom stereocenters. The van der Waals surface area contributed by atoms with E-state index in [4.69, 9.17) is 4.74 Å². The fourth-order valence-electron chi connectivity index (χ4n) is 2.41. The molecule has 110 valence electrons. The van der Waals surface area contributed by atoms with Gasteiger partial charge in [0.1, 0.15) is 11.6 Å². The quantitative estimate of drug-likeness (QED) is 0.868. The third-order valence-corrected chi connectivity index (χ3v) is 3.56.